The van der Waals surface area contributed by atoms with Crippen molar-refractivity contribution in [2.45, 2.75) is 0 Å². The lowest BCUT2D eigenvalue weighted by Crippen LogP contribution is -2.03. The fourth-order valence-corrected chi connectivity index (χ4v) is 3.63. The Balaban J connectivity index is 2.65. The van der Waals surface area contributed by atoms with E-state index >= 15 is 0 Å². The molecule has 0 atom stereocenters. The number of esters is 1. The average molecular weight is 393 g/mol. The number of methoxy groups -OCH3 is 3. The molecule has 0 aliphatic heterocycles. The Morgan fingerprint density at radius 3 is 2.57 bits per heavy atom. The second-order valence-electron chi connectivity index (χ2n) is 3.80. The van der Waals surface area contributed by atoms with Gasteiger partial charge < -0.3 is 14.2 Å². The highest BCUT2D eigenvalue weighted by Gasteiger charge is 2.23. The van der Waals surface area contributed by atoms with Crippen molar-refractivity contribution in [2.24, 2.45) is 0 Å². The molecule has 0 aliphatic rings. The number of rotatable bonds is 4. The van der Waals surface area contributed by atoms with Crippen molar-refractivity contribution in [2.75, 3.05) is 21.3 Å². The number of benzene rings is 1. The molecule has 112 valence electrons. The first-order chi connectivity index (χ1) is 10.0. The van der Waals surface area contributed by atoms with Gasteiger partial charge in [0.1, 0.15) is 0 Å². The van der Waals surface area contributed by atoms with Crippen molar-refractivity contribution in [3.05, 3.63) is 26.8 Å². The summed E-state index contributed by atoms with van der Waals surface area (Å²) >= 11 is 10.9. The molecule has 1 aromatic heterocycles. The van der Waals surface area contributed by atoms with Gasteiger partial charge in [0, 0.05) is 5.56 Å². The molecule has 21 heavy (non-hydrogen) atoms. The van der Waals surface area contributed by atoms with Crippen LogP contribution >= 0.6 is 38.9 Å². The molecule has 0 fully saturated rings. The Labute approximate surface area is 138 Å². The van der Waals surface area contributed by atoms with Crippen molar-refractivity contribution in [3.8, 4) is 21.9 Å². The molecule has 1 aromatic carbocycles. The largest absolute Gasteiger partial charge is 0.493 e. The maximum atomic E-state index is 11.8. The molecular formula is C13H11BrClNO4S. The summed E-state index contributed by atoms with van der Waals surface area (Å²) in [6.07, 6.45) is 0. The van der Waals surface area contributed by atoms with E-state index in [0.29, 0.717) is 30.9 Å². The minimum atomic E-state index is -0.530. The summed E-state index contributed by atoms with van der Waals surface area (Å²) in [5.74, 6) is 0.379. The van der Waals surface area contributed by atoms with E-state index in [4.69, 9.17) is 25.8 Å². The van der Waals surface area contributed by atoms with Crippen LogP contribution in [0.25, 0.3) is 10.4 Å². The van der Waals surface area contributed by atoms with Crippen LogP contribution in [-0.2, 0) is 4.74 Å². The van der Waals surface area contributed by atoms with E-state index in [9.17, 15) is 4.79 Å². The molecule has 0 saturated carbocycles. The minimum absolute atomic E-state index is 0.198. The molecule has 1 heterocycles. The Morgan fingerprint density at radius 1 is 1.29 bits per heavy atom. The molecule has 2 rings (SSSR count). The lowest BCUT2D eigenvalue weighted by atomic mass is 10.1. The second-order valence-corrected chi connectivity index (χ2v) is 6.45. The van der Waals surface area contributed by atoms with Crippen LogP contribution in [0.4, 0.5) is 0 Å². The third-order valence-corrected chi connectivity index (χ3v) is 4.62. The van der Waals surface area contributed by atoms with Crippen LogP contribution in [0.2, 0.25) is 5.02 Å². The minimum Gasteiger partial charge on any atom is -0.493 e. The number of carbonyl (C=O) groups excluding carboxylic acids is 1. The van der Waals surface area contributed by atoms with Crippen LogP contribution in [0.3, 0.4) is 0 Å². The Kier molecular flexibility index (Phi) is 5.08. The average Bonchev–Trinajstić information content (AvgIpc) is 2.87. The number of ether oxygens (including phenoxy) is 3. The monoisotopic (exact) mass is 391 g/mol. The quantitative estimate of drug-likeness (QED) is 0.735. The van der Waals surface area contributed by atoms with Crippen LogP contribution in [0.1, 0.15) is 10.5 Å². The van der Waals surface area contributed by atoms with Crippen molar-refractivity contribution in [3.63, 3.8) is 0 Å². The van der Waals surface area contributed by atoms with Gasteiger partial charge in [-0.2, -0.15) is 0 Å². The van der Waals surface area contributed by atoms with Crippen molar-refractivity contribution in [1.82, 2.24) is 4.98 Å². The van der Waals surface area contributed by atoms with Crippen molar-refractivity contribution in [1.29, 1.82) is 0 Å². The fraction of sp³-hybridized carbons (Fsp3) is 0.231. The Bertz CT molecular complexity index is 689. The zero-order chi connectivity index (χ0) is 15.6. The lowest BCUT2D eigenvalue weighted by Gasteiger charge is -2.12. The summed E-state index contributed by atoms with van der Waals surface area (Å²) in [4.78, 5) is 16.5. The summed E-state index contributed by atoms with van der Waals surface area (Å²) in [6.45, 7) is 0. The van der Waals surface area contributed by atoms with Gasteiger partial charge in [0.05, 0.1) is 31.2 Å². The summed E-state index contributed by atoms with van der Waals surface area (Å²) in [5, 5.41) is 0.346. The standard InChI is InChI=1S/C13H11BrClNO4S/c1-18-7-5-4-6(8(15)10(7)19-2)11-9(12(17)20-3)16-13(14)21-11/h4-5H,1-3H3. The number of nitrogens with zero attached hydrogens (tertiary/aromatic N) is 1. The highest BCUT2D eigenvalue weighted by Crippen LogP contribution is 2.45. The Hall–Kier alpha value is -1.31. The van der Waals surface area contributed by atoms with Gasteiger partial charge in [-0.05, 0) is 28.1 Å². The predicted octanol–water partition coefficient (Wildman–Crippen LogP) is 4.03. The van der Waals surface area contributed by atoms with Gasteiger partial charge in [-0.3, -0.25) is 0 Å². The molecule has 8 heteroatoms. The van der Waals surface area contributed by atoms with E-state index < -0.39 is 5.97 Å². The molecule has 0 N–H and O–H groups in total. The molecular weight excluding hydrogens is 382 g/mol. The maximum absolute atomic E-state index is 11.8. The molecule has 5 nitrogen and oxygen atoms in total. The fourth-order valence-electron chi connectivity index (χ4n) is 1.78. The first kappa shape index (κ1) is 16.1. The Morgan fingerprint density at radius 2 is 2.00 bits per heavy atom. The summed E-state index contributed by atoms with van der Waals surface area (Å²) in [7, 11) is 4.32. The number of aromatic nitrogens is 1. The SMILES string of the molecule is COC(=O)c1nc(Br)sc1-c1ccc(OC)c(OC)c1Cl. The maximum Gasteiger partial charge on any atom is 0.358 e. The van der Waals surface area contributed by atoms with Gasteiger partial charge in [-0.15, -0.1) is 11.3 Å². The highest BCUT2D eigenvalue weighted by molar-refractivity contribution is 9.11. The number of thiazole rings is 1. The highest BCUT2D eigenvalue weighted by atomic mass is 79.9. The first-order valence-corrected chi connectivity index (χ1v) is 7.67. The third kappa shape index (κ3) is 3.00. The van der Waals surface area contributed by atoms with Crippen LogP contribution in [0.15, 0.2) is 16.0 Å². The lowest BCUT2D eigenvalue weighted by molar-refractivity contribution is 0.0595. The first-order valence-electron chi connectivity index (χ1n) is 5.69. The van der Waals surface area contributed by atoms with E-state index in [-0.39, 0.29) is 5.69 Å². The van der Waals surface area contributed by atoms with Gasteiger partial charge in [-0.25, -0.2) is 9.78 Å². The third-order valence-electron chi connectivity index (χ3n) is 2.71. The zero-order valence-corrected chi connectivity index (χ0v) is 14.6. The summed E-state index contributed by atoms with van der Waals surface area (Å²) < 4.78 is 15.7. The topological polar surface area (TPSA) is 57.7 Å². The van der Waals surface area contributed by atoms with Crippen LogP contribution in [0.5, 0.6) is 11.5 Å². The van der Waals surface area contributed by atoms with Crippen LogP contribution in [0, 0.1) is 0 Å². The van der Waals surface area contributed by atoms with Crippen molar-refractivity contribution < 1.29 is 19.0 Å². The van der Waals surface area contributed by atoms with Gasteiger partial charge in [0.2, 0.25) is 0 Å². The molecule has 0 bridgehead atoms. The molecule has 2 aromatic rings. The van der Waals surface area contributed by atoms with E-state index in [1.54, 1.807) is 12.1 Å². The molecule has 0 unspecified atom stereocenters. The van der Waals surface area contributed by atoms with Crippen LogP contribution < -0.4 is 9.47 Å². The number of hydrogen-bond donors (Lipinski definition) is 0. The van der Waals surface area contributed by atoms with Gasteiger partial charge in [0.15, 0.2) is 21.1 Å². The number of carbonyl (C=O) groups is 1. The summed E-state index contributed by atoms with van der Waals surface area (Å²) in [5.41, 5.74) is 0.821. The van der Waals surface area contributed by atoms with Gasteiger partial charge >= 0.3 is 5.97 Å². The molecule has 0 amide bonds. The van der Waals surface area contributed by atoms with E-state index in [0.717, 1.165) is 0 Å². The zero-order valence-electron chi connectivity index (χ0n) is 11.4. The van der Waals surface area contributed by atoms with E-state index in [2.05, 4.69) is 20.9 Å². The second kappa shape index (κ2) is 6.64. The van der Waals surface area contributed by atoms with Crippen LogP contribution in [-0.4, -0.2) is 32.3 Å². The van der Waals surface area contributed by atoms with Crippen molar-refractivity contribution >= 4 is 44.8 Å². The number of hydrogen-bond acceptors (Lipinski definition) is 6. The molecule has 0 spiro atoms. The predicted molar refractivity (Wildman–Crippen MR) is 84.7 cm³/mol. The van der Waals surface area contributed by atoms with Gasteiger partial charge in [0.25, 0.3) is 0 Å². The molecule has 0 saturated heterocycles. The normalized spacial score (nSPS) is 10.3. The van der Waals surface area contributed by atoms with Gasteiger partial charge in [-0.1, -0.05) is 11.6 Å². The molecule has 0 radical (unpaired) electrons. The summed E-state index contributed by atoms with van der Waals surface area (Å²) in [6, 6.07) is 3.46. The molecule has 0 aliphatic carbocycles. The van der Waals surface area contributed by atoms with E-state index in [1.165, 1.54) is 32.7 Å². The van der Waals surface area contributed by atoms with E-state index in [1.807, 2.05) is 0 Å². The number of halogens is 2. The smallest absolute Gasteiger partial charge is 0.358 e.